The molecule has 0 aromatic heterocycles. The largest absolute Gasteiger partial charge is 0.306 e. The molecule has 1 saturated heterocycles. The van der Waals surface area contributed by atoms with E-state index in [1.165, 1.54) is 32.4 Å². The fourth-order valence-corrected chi connectivity index (χ4v) is 2.17. The van der Waals surface area contributed by atoms with Crippen molar-refractivity contribution < 1.29 is 0 Å². The fraction of sp³-hybridized carbons (Fsp3) is 1.00. The van der Waals surface area contributed by atoms with Gasteiger partial charge in [-0.3, -0.25) is 0 Å². The topological polar surface area (TPSA) is 3.24 Å². The highest BCUT2D eigenvalue weighted by Crippen LogP contribution is 2.24. The molecule has 0 saturated carbocycles. The molecule has 2 unspecified atom stereocenters. The van der Waals surface area contributed by atoms with Crippen LogP contribution in [0, 0.1) is 11.8 Å². The van der Waals surface area contributed by atoms with Gasteiger partial charge >= 0.3 is 0 Å². The van der Waals surface area contributed by atoms with Gasteiger partial charge in [-0.15, -0.1) is 0 Å². The van der Waals surface area contributed by atoms with Crippen molar-refractivity contribution in [2.24, 2.45) is 11.8 Å². The number of nitrogens with zero attached hydrogens (tertiary/aromatic N) is 1. The van der Waals surface area contributed by atoms with Gasteiger partial charge in [0.2, 0.25) is 0 Å². The van der Waals surface area contributed by atoms with Crippen LogP contribution in [-0.2, 0) is 0 Å². The molecule has 0 spiro atoms. The molecule has 1 aliphatic rings. The summed E-state index contributed by atoms with van der Waals surface area (Å²) >= 11 is 0. The third-order valence-electron chi connectivity index (χ3n) is 2.96. The molecule has 88 valence electrons. The molecule has 1 heteroatoms. The molecule has 0 aromatic carbocycles. The average molecular weight is 201 g/mol. The number of likely N-dealkylation sites (tertiary alicyclic amines) is 1. The average Bonchev–Trinajstić information content (AvgIpc) is 2.20. The van der Waals surface area contributed by atoms with Crippen LogP contribution in [0.2, 0.25) is 0 Å². The number of hydrogen-bond acceptors (Lipinski definition) is 1. The van der Waals surface area contributed by atoms with Gasteiger partial charge in [-0.25, -0.2) is 0 Å². The van der Waals surface area contributed by atoms with Crippen LogP contribution in [-0.4, -0.2) is 25.0 Å². The molecule has 0 N–H and O–H groups in total. The Morgan fingerprint density at radius 3 is 1.64 bits per heavy atom. The summed E-state index contributed by atoms with van der Waals surface area (Å²) in [5.41, 5.74) is 0. The molecule has 2 atom stereocenters. The Morgan fingerprint density at radius 1 is 1.00 bits per heavy atom. The lowest BCUT2D eigenvalue weighted by Gasteiger charge is -2.34. The predicted molar refractivity (Wildman–Crippen MR) is 67.8 cm³/mol. The lowest BCUT2D eigenvalue weighted by atomic mass is 9.86. The van der Waals surface area contributed by atoms with Crippen LogP contribution in [0.4, 0.5) is 0 Å². The summed E-state index contributed by atoms with van der Waals surface area (Å²) < 4.78 is 0. The third-order valence-corrected chi connectivity index (χ3v) is 2.96. The summed E-state index contributed by atoms with van der Waals surface area (Å²) in [6, 6.07) is 0. The highest BCUT2D eigenvalue weighted by atomic mass is 15.1. The van der Waals surface area contributed by atoms with Crippen molar-refractivity contribution in [3.63, 3.8) is 0 Å². The van der Waals surface area contributed by atoms with E-state index < -0.39 is 0 Å². The maximum absolute atomic E-state index is 2.49. The maximum atomic E-state index is 2.49. The molecule has 0 aliphatic carbocycles. The molecule has 0 bridgehead atoms. The zero-order valence-electron chi connectivity index (χ0n) is 10.1. The van der Waals surface area contributed by atoms with Gasteiger partial charge in [0, 0.05) is 13.1 Å². The van der Waals surface area contributed by atoms with Crippen molar-refractivity contribution >= 4 is 0 Å². The SMILES string of the molecule is C.CC.CCC1CC(CC)CN(C)C1. The lowest BCUT2D eigenvalue weighted by molar-refractivity contribution is 0.146. The first-order chi connectivity index (χ1) is 6.26. The minimum atomic E-state index is 0. The minimum Gasteiger partial charge on any atom is -0.306 e. The third kappa shape index (κ3) is 5.64. The van der Waals surface area contributed by atoms with E-state index in [9.17, 15) is 0 Å². The Kier molecular flexibility index (Phi) is 11.1. The lowest BCUT2D eigenvalue weighted by Crippen LogP contribution is -2.37. The van der Waals surface area contributed by atoms with Gasteiger partial charge in [0.1, 0.15) is 0 Å². The summed E-state index contributed by atoms with van der Waals surface area (Å²) in [6.07, 6.45) is 4.19. The van der Waals surface area contributed by atoms with Crippen LogP contribution in [0.25, 0.3) is 0 Å². The predicted octanol–water partition coefficient (Wildman–Crippen LogP) is 4.04. The molecule has 1 rings (SSSR count). The molecular formula is C13H31N. The summed E-state index contributed by atoms with van der Waals surface area (Å²) in [4.78, 5) is 2.49. The number of piperidine rings is 1. The van der Waals surface area contributed by atoms with Gasteiger partial charge in [0.05, 0.1) is 0 Å². The van der Waals surface area contributed by atoms with Crippen LogP contribution >= 0.6 is 0 Å². The van der Waals surface area contributed by atoms with Crippen LogP contribution in [0.1, 0.15) is 54.4 Å². The summed E-state index contributed by atoms with van der Waals surface area (Å²) in [5, 5.41) is 0. The zero-order valence-corrected chi connectivity index (χ0v) is 10.1. The quantitative estimate of drug-likeness (QED) is 0.652. The van der Waals surface area contributed by atoms with E-state index in [1.54, 1.807) is 0 Å². The molecule has 0 amide bonds. The molecule has 0 aromatic rings. The normalized spacial score (nSPS) is 27.2. The van der Waals surface area contributed by atoms with Crippen molar-refractivity contribution in [1.82, 2.24) is 4.90 Å². The highest BCUT2D eigenvalue weighted by Gasteiger charge is 2.22. The number of rotatable bonds is 2. The second-order valence-electron chi connectivity index (χ2n) is 4.01. The van der Waals surface area contributed by atoms with E-state index in [0.717, 1.165) is 11.8 Å². The Hall–Kier alpha value is -0.0400. The van der Waals surface area contributed by atoms with Crippen LogP contribution in [0.15, 0.2) is 0 Å². The smallest absolute Gasteiger partial charge is 0.000673 e. The molecule has 0 radical (unpaired) electrons. The first kappa shape index (κ1) is 16.4. The summed E-state index contributed by atoms with van der Waals surface area (Å²) in [7, 11) is 2.25. The Labute approximate surface area is 91.9 Å². The Bertz CT molecular complexity index is 99.8. The standard InChI is InChI=1S/C10H21N.C2H6.CH4/c1-4-9-6-10(5-2)8-11(3)7-9;1-2;/h9-10H,4-8H2,1-3H3;1-2H3;1H4. The zero-order chi connectivity index (χ0) is 10.3. The van der Waals surface area contributed by atoms with Crippen molar-refractivity contribution in [3.8, 4) is 0 Å². The second-order valence-corrected chi connectivity index (χ2v) is 4.01. The number of hydrogen-bond donors (Lipinski definition) is 0. The van der Waals surface area contributed by atoms with Gasteiger partial charge in [-0.2, -0.15) is 0 Å². The summed E-state index contributed by atoms with van der Waals surface area (Å²) in [6.45, 7) is 11.3. The minimum absolute atomic E-state index is 0. The Balaban J connectivity index is 0. The molecular weight excluding hydrogens is 170 g/mol. The molecule has 1 nitrogen and oxygen atoms in total. The second kappa shape index (κ2) is 9.51. The van der Waals surface area contributed by atoms with E-state index >= 15 is 0 Å². The van der Waals surface area contributed by atoms with E-state index in [2.05, 4.69) is 25.8 Å². The van der Waals surface area contributed by atoms with Crippen LogP contribution in [0.5, 0.6) is 0 Å². The van der Waals surface area contributed by atoms with E-state index in [0.29, 0.717) is 0 Å². The first-order valence-electron chi connectivity index (χ1n) is 5.94. The highest BCUT2D eigenvalue weighted by molar-refractivity contribution is 4.75. The van der Waals surface area contributed by atoms with Crippen molar-refractivity contribution in [2.45, 2.75) is 54.4 Å². The summed E-state index contributed by atoms with van der Waals surface area (Å²) in [5.74, 6) is 1.94. The van der Waals surface area contributed by atoms with Crippen LogP contribution in [0.3, 0.4) is 0 Å². The van der Waals surface area contributed by atoms with Crippen molar-refractivity contribution in [3.05, 3.63) is 0 Å². The molecule has 14 heavy (non-hydrogen) atoms. The van der Waals surface area contributed by atoms with Crippen molar-refractivity contribution in [1.29, 1.82) is 0 Å². The van der Waals surface area contributed by atoms with Crippen LogP contribution < -0.4 is 0 Å². The van der Waals surface area contributed by atoms with Gasteiger partial charge in [-0.1, -0.05) is 48.0 Å². The van der Waals surface area contributed by atoms with Gasteiger partial charge < -0.3 is 4.90 Å². The van der Waals surface area contributed by atoms with E-state index in [4.69, 9.17) is 0 Å². The van der Waals surface area contributed by atoms with Gasteiger partial charge in [0.25, 0.3) is 0 Å². The molecule has 1 heterocycles. The molecule has 1 aliphatic heterocycles. The first-order valence-corrected chi connectivity index (χ1v) is 5.94. The fourth-order valence-electron chi connectivity index (χ4n) is 2.17. The Morgan fingerprint density at radius 2 is 1.36 bits per heavy atom. The molecule has 1 fully saturated rings. The van der Waals surface area contributed by atoms with E-state index in [1.807, 2.05) is 13.8 Å². The van der Waals surface area contributed by atoms with Gasteiger partial charge in [-0.05, 0) is 25.3 Å². The van der Waals surface area contributed by atoms with Gasteiger partial charge in [0.15, 0.2) is 0 Å². The maximum Gasteiger partial charge on any atom is 0.000673 e. The van der Waals surface area contributed by atoms with Crippen molar-refractivity contribution in [2.75, 3.05) is 20.1 Å². The van der Waals surface area contributed by atoms with E-state index in [-0.39, 0.29) is 7.43 Å². The monoisotopic (exact) mass is 201 g/mol.